The Balaban J connectivity index is 2.18. The van der Waals surface area contributed by atoms with Gasteiger partial charge in [0, 0.05) is 12.6 Å². The summed E-state index contributed by atoms with van der Waals surface area (Å²) < 4.78 is 5.08. The van der Waals surface area contributed by atoms with Crippen LogP contribution in [-0.4, -0.2) is 35.1 Å². The van der Waals surface area contributed by atoms with Gasteiger partial charge < -0.3 is 9.64 Å². The van der Waals surface area contributed by atoms with E-state index in [-0.39, 0.29) is 17.7 Å². The number of anilines is 1. The van der Waals surface area contributed by atoms with E-state index in [1.54, 1.807) is 13.0 Å². The number of nitrogens with zero attached hydrogens (tertiary/aromatic N) is 3. The maximum atomic E-state index is 12.0. The minimum absolute atomic E-state index is 0.0570. The molecule has 0 amide bonds. The topological polar surface area (TPSA) is 85.6 Å². The van der Waals surface area contributed by atoms with Crippen LogP contribution in [0.3, 0.4) is 0 Å². The maximum absolute atomic E-state index is 12.0. The number of nitro groups is 1. The molecule has 0 radical (unpaired) electrons. The Bertz CT molecular complexity index is 489. The Morgan fingerprint density at radius 1 is 1.55 bits per heavy atom. The molecule has 7 nitrogen and oxygen atoms in total. The molecule has 1 aliphatic heterocycles. The van der Waals surface area contributed by atoms with E-state index in [1.807, 2.05) is 4.90 Å². The summed E-state index contributed by atoms with van der Waals surface area (Å²) in [5.41, 5.74) is -0.0570. The number of hydrogen-bond donors (Lipinski definition) is 0. The molecule has 108 valence electrons. The molecule has 1 atom stereocenters. The first-order chi connectivity index (χ1) is 9.63. The summed E-state index contributed by atoms with van der Waals surface area (Å²) in [6.07, 6.45) is 3.87. The van der Waals surface area contributed by atoms with Gasteiger partial charge >= 0.3 is 5.97 Å². The second-order valence-corrected chi connectivity index (χ2v) is 4.59. The summed E-state index contributed by atoms with van der Waals surface area (Å²) in [6.45, 7) is 2.82. The van der Waals surface area contributed by atoms with Crippen molar-refractivity contribution in [1.82, 2.24) is 4.98 Å². The van der Waals surface area contributed by atoms with Gasteiger partial charge in [-0.15, -0.1) is 0 Å². The number of hydrogen-bond acceptors (Lipinski definition) is 6. The number of carbonyl (C=O) groups is 1. The first-order valence-electron chi connectivity index (χ1n) is 6.67. The maximum Gasteiger partial charge on any atom is 0.328 e. The van der Waals surface area contributed by atoms with Crippen LogP contribution in [0.25, 0.3) is 0 Å². The molecule has 2 rings (SSSR count). The normalized spacial score (nSPS) is 18.6. The zero-order valence-electron chi connectivity index (χ0n) is 11.3. The first-order valence-corrected chi connectivity index (χ1v) is 6.67. The van der Waals surface area contributed by atoms with Crippen molar-refractivity contribution in [1.29, 1.82) is 0 Å². The Morgan fingerprint density at radius 3 is 2.95 bits per heavy atom. The van der Waals surface area contributed by atoms with Crippen LogP contribution in [0.2, 0.25) is 0 Å². The van der Waals surface area contributed by atoms with Gasteiger partial charge in [-0.3, -0.25) is 10.1 Å². The van der Waals surface area contributed by atoms with E-state index in [2.05, 4.69) is 4.98 Å². The smallest absolute Gasteiger partial charge is 0.328 e. The van der Waals surface area contributed by atoms with Crippen molar-refractivity contribution in [2.45, 2.75) is 32.2 Å². The Hall–Kier alpha value is -2.18. The lowest BCUT2D eigenvalue weighted by molar-refractivity contribution is -0.385. The van der Waals surface area contributed by atoms with Crippen molar-refractivity contribution in [2.24, 2.45) is 0 Å². The molecule has 0 bridgehead atoms. The number of rotatable bonds is 4. The van der Waals surface area contributed by atoms with Gasteiger partial charge in [0.15, 0.2) is 0 Å². The lowest BCUT2D eigenvalue weighted by atomic mass is 10.0. The zero-order chi connectivity index (χ0) is 14.5. The summed E-state index contributed by atoms with van der Waals surface area (Å²) in [7, 11) is 0. The molecule has 0 aromatic carbocycles. The molecule has 0 spiro atoms. The van der Waals surface area contributed by atoms with E-state index in [9.17, 15) is 14.9 Å². The quantitative estimate of drug-likeness (QED) is 0.475. The molecule has 20 heavy (non-hydrogen) atoms. The van der Waals surface area contributed by atoms with Gasteiger partial charge in [-0.25, -0.2) is 9.78 Å². The Labute approximate surface area is 116 Å². The number of carbonyl (C=O) groups excluding carboxylic acids is 1. The third-order valence-corrected chi connectivity index (χ3v) is 3.30. The lowest BCUT2D eigenvalue weighted by Crippen LogP contribution is -2.46. The van der Waals surface area contributed by atoms with Crippen LogP contribution < -0.4 is 4.90 Å². The minimum Gasteiger partial charge on any atom is -0.464 e. The van der Waals surface area contributed by atoms with Gasteiger partial charge in [-0.2, -0.15) is 0 Å². The van der Waals surface area contributed by atoms with Crippen LogP contribution in [-0.2, 0) is 9.53 Å². The fraction of sp³-hybridized carbons (Fsp3) is 0.538. The highest BCUT2D eigenvalue weighted by Crippen LogP contribution is 2.25. The summed E-state index contributed by atoms with van der Waals surface area (Å²) in [6, 6.07) is 2.63. The van der Waals surface area contributed by atoms with Crippen LogP contribution in [0.15, 0.2) is 18.3 Å². The number of aromatic nitrogens is 1. The lowest BCUT2D eigenvalue weighted by Gasteiger charge is -2.34. The van der Waals surface area contributed by atoms with Crippen molar-refractivity contribution in [3.8, 4) is 0 Å². The molecule has 2 heterocycles. The second kappa shape index (κ2) is 6.31. The summed E-state index contributed by atoms with van der Waals surface area (Å²) in [4.78, 5) is 28.1. The molecule has 1 aromatic heterocycles. The third kappa shape index (κ3) is 3.04. The number of esters is 1. The highest BCUT2D eigenvalue weighted by Gasteiger charge is 2.30. The minimum atomic E-state index is -0.490. The van der Waals surface area contributed by atoms with Gasteiger partial charge in [0.05, 0.1) is 11.5 Å². The Kier molecular flexibility index (Phi) is 4.49. The molecule has 1 fully saturated rings. The van der Waals surface area contributed by atoms with Crippen LogP contribution in [0.1, 0.15) is 26.2 Å². The van der Waals surface area contributed by atoms with Crippen molar-refractivity contribution < 1.29 is 14.5 Å². The number of pyridine rings is 1. The standard InChI is InChI=1S/C13H17N3O4/c1-2-20-13(17)11-5-3-4-8-15(11)12-7-6-10(9-14-12)16(18)19/h6-7,9,11H,2-5,8H2,1H3. The Morgan fingerprint density at radius 2 is 2.35 bits per heavy atom. The van der Waals surface area contributed by atoms with E-state index in [4.69, 9.17) is 4.74 Å². The average Bonchev–Trinajstić information content (AvgIpc) is 2.47. The highest BCUT2D eigenvalue weighted by molar-refractivity contribution is 5.80. The second-order valence-electron chi connectivity index (χ2n) is 4.59. The van der Waals surface area contributed by atoms with Gasteiger partial charge in [-0.1, -0.05) is 0 Å². The zero-order valence-corrected chi connectivity index (χ0v) is 11.3. The van der Waals surface area contributed by atoms with E-state index in [0.29, 0.717) is 19.0 Å². The highest BCUT2D eigenvalue weighted by atomic mass is 16.6. The predicted molar refractivity (Wildman–Crippen MR) is 72.5 cm³/mol. The molecule has 0 N–H and O–H groups in total. The fourth-order valence-corrected chi connectivity index (χ4v) is 2.35. The van der Waals surface area contributed by atoms with Crippen LogP contribution in [0.5, 0.6) is 0 Å². The molecule has 1 aromatic rings. The van der Waals surface area contributed by atoms with Gasteiger partial charge in [0.2, 0.25) is 0 Å². The molecule has 1 unspecified atom stereocenters. The van der Waals surface area contributed by atoms with E-state index in [0.717, 1.165) is 19.3 Å². The van der Waals surface area contributed by atoms with Crippen molar-refractivity contribution in [3.05, 3.63) is 28.4 Å². The van der Waals surface area contributed by atoms with Crippen molar-refractivity contribution in [2.75, 3.05) is 18.1 Å². The third-order valence-electron chi connectivity index (χ3n) is 3.30. The SMILES string of the molecule is CCOC(=O)C1CCCCN1c1ccc([N+](=O)[O-])cn1. The predicted octanol–water partition coefficient (Wildman–Crippen LogP) is 1.91. The molecule has 1 saturated heterocycles. The van der Waals surface area contributed by atoms with E-state index < -0.39 is 4.92 Å². The summed E-state index contributed by atoms with van der Waals surface area (Å²) in [5, 5.41) is 10.6. The average molecular weight is 279 g/mol. The molecular weight excluding hydrogens is 262 g/mol. The van der Waals surface area contributed by atoms with E-state index in [1.165, 1.54) is 12.3 Å². The molecular formula is C13H17N3O4. The molecule has 0 aliphatic carbocycles. The van der Waals surface area contributed by atoms with Crippen LogP contribution >= 0.6 is 0 Å². The summed E-state index contributed by atoms with van der Waals surface area (Å²) >= 11 is 0. The van der Waals surface area contributed by atoms with Gasteiger partial charge in [0.1, 0.15) is 18.1 Å². The fourth-order valence-electron chi connectivity index (χ4n) is 2.35. The monoisotopic (exact) mass is 279 g/mol. The molecule has 1 aliphatic rings. The molecule has 7 heteroatoms. The number of ether oxygens (including phenoxy) is 1. The van der Waals surface area contributed by atoms with Gasteiger partial charge in [0.25, 0.3) is 5.69 Å². The number of piperidine rings is 1. The largest absolute Gasteiger partial charge is 0.464 e. The van der Waals surface area contributed by atoms with Gasteiger partial charge in [-0.05, 0) is 32.3 Å². The van der Waals surface area contributed by atoms with Crippen LogP contribution in [0, 0.1) is 10.1 Å². The van der Waals surface area contributed by atoms with Crippen LogP contribution in [0.4, 0.5) is 11.5 Å². The first kappa shape index (κ1) is 14.2. The van der Waals surface area contributed by atoms with Crippen molar-refractivity contribution in [3.63, 3.8) is 0 Å². The molecule has 0 saturated carbocycles. The summed E-state index contributed by atoms with van der Waals surface area (Å²) in [5.74, 6) is 0.320. The van der Waals surface area contributed by atoms with E-state index >= 15 is 0 Å². The van der Waals surface area contributed by atoms with Crippen molar-refractivity contribution >= 4 is 17.5 Å².